The molecule has 0 saturated heterocycles. The summed E-state index contributed by atoms with van der Waals surface area (Å²) in [5.41, 5.74) is 9.00. The van der Waals surface area contributed by atoms with E-state index in [4.69, 9.17) is 5.73 Å². The number of aromatic amines is 1. The van der Waals surface area contributed by atoms with E-state index >= 15 is 0 Å². The smallest absolute Gasteiger partial charge is 0.255 e. The summed E-state index contributed by atoms with van der Waals surface area (Å²) in [7, 11) is 0. The summed E-state index contributed by atoms with van der Waals surface area (Å²) >= 11 is 0. The number of hydrogen-bond donors (Lipinski definition) is 3. The zero-order chi connectivity index (χ0) is 13.0. The fourth-order valence-electron chi connectivity index (χ4n) is 1.72. The van der Waals surface area contributed by atoms with Crippen molar-refractivity contribution in [2.45, 2.75) is 20.0 Å². The van der Waals surface area contributed by atoms with Crippen molar-refractivity contribution in [3.05, 3.63) is 52.8 Å². The minimum absolute atomic E-state index is 0.126. The molecule has 0 saturated carbocycles. The van der Waals surface area contributed by atoms with Crippen molar-refractivity contribution in [2.75, 3.05) is 0 Å². The molecule has 94 valence electrons. The van der Waals surface area contributed by atoms with E-state index in [9.17, 15) is 4.79 Å². The van der Waals surface area contributed by atoms with Crippen LogP contribution in [-0.4, -0.2) is 16.1 Å². The van der Waals surface area contributed by atoms with Gasteiger partial charge >= 0.3 is 0 Å². The highest BCUT2D eigenvalue weighted by Gasteiger charge is 2.09. The normalized spacial score (nSPS) is 10.3. The Kier molecular flexibility index (Phi) is 3.74. The Labute approximate surface area is 105 Å². The number of aryl methyl sites for hydroxylation is 1. The van der Waals surface area contributed by atoms with Crippen molar-refractivity contribution in [1.29, 1.82) is 0 Å². The highest BCUT2D eigenvalue weighted by Crippen LogP contribution is 2.06. The van der Waals surface area contributed by atoms with Crippen molar-refractivity contribution in [2.24, 2.45) is 5.73 Å². The molecule has 18 heavy (non-hydrogen) atoms. The van der Waals surface area contributed by atoms with Gasteiger partial charge in [0.15, 0.2) is 0 Å². The minimum atomic E-state index is -0.126. The Hall–Kier alpha value is -2.14. The molecule has 0 fully saturated rings. The van der Waals surface area contributed by atoms with Gasteiger partial charge in [-0.25, -0.2) is 0 Å². The second-order valence-electron chi connectivity index (χ2n) is 4.12. The second-order valence-corrected chi connectivity index (χ2v) is 4.12. The van der Waals surface area contributed by atoms with Crippen molar-refractivity contribution >= 4 is 5.91 Å². The second kappa shape index (κ2) is 5.46. The highest BCUT2D eigenvalue weighted by molar-refractivity contribution is 5.94. The van der Waals surface area contributed by atoms with Crippen LogP contribution in [-0.2, 0) is 13.1 Å². The lowest BCUT2D eigenvalue weighted by molar-refractivity contribution is 0.0950. The van der Waals surface area contributed by atoms with Crippen LogP contribution in [0, 0.1) is 6.92 Å². The molecule has 0 aliphatic heterocycles. The fourth-order valence-corrected chi connectivity index (χ4v) is 1.72. The van der Waals surface area contributed by atoms with Gasteiger partial charge in [-0.3, -0.25) is 9.89 Å². The molecule has 0 atom stereocenters. The van der Waals surface area contributed by atoms with E-state index in [0.717, 1.165) is 16.8 Å². The Morgan fingerprint density at radius 1 is 1.44 bits per heavy atom. The van der Waals surface area contributed by atoms with E-state index in [1.807, 2.05) is 31.2 Å². The highest BCUT2D eigenvalue weighted by atomic mass is 16.1. The third-order valence-electron chi connectivity index (χ3n) is 2.75. The maximum absolute atomic E-state index is 11.9. The number of nitrogens with one attached hydrogen (secondary N) is 2. The molecule has 5 heteroatoms. The molecule has 1 aromatic carbocycles. The van der Waals surface area contributed by atoms with Crippen LogP contribution in [0.4, 0.5) is 0 Å². The maximum Gasteiger partial charge on any atom is 0.255 e. The van der Waals surface area contributed by atoms with Crippen LogP contribution in [0.1, 0.15) is 27.2 Å². The van der Waals surface area contributed by atoms with Gasteiger partial charge in [0.05, 0.1) is 11.8 Å². The number of amides is 1. The van der Waals surface area contributed by atoms with Crippen LogP contribution >= 0.6 is 0 Å². The Bertz CT molecular complexity index is 547. The summed E-state index contributed by atoms with van der Waals surface area (Å²) in [6, 6.07) is 7.85. The van der Waals surface area contributed by atoms with Gasteiger partial charge in [0.1, 0.15) is 0 Å². The molecule has 1 aromatic heterocycles. The summed E-state index contributed by atoms with van der Waals surface area (Å²) in [4.78, 5) is 11.9. The van der Waals surface area contributed by atoms with Crippen LogP contribution < -0.4 is 11.1 Å². The average Bonchev–Trinajstić information content (AvgIpc) is 2.82. The number of hydrogen-bond acceptors (Lipinski definition) is 3. The van der Waals surface area contributed by atoms with E-state index in [-0.39, 0.29) is 5.91 Å². The molecule has 0 aliphatic carbocycles. The van der Waals surface area contributed by atoms with E-state index in [2.05, 4.69) is 15.5 Å². The maximum atomic E-state index is 11.9. The molecule has 1 amide bonds. The van der Waals surface area contributed by atoms with Crippen molar-refractivity contribution in [3.8, 4) is 0 Å². The minimum Gasteiger partial charge on any atom is -0.348 e. The van der Waals surface area contributed by atoms with Crippen LogP contribution in [0.2, 0.25) is 0 Å². The van der Waals surface area contributed by atoms with E-state index in [1.165, 1.54) is 6.20 Å². The summed E-state index contributed by atoms with van der Waals surface area (Å²) in [6.45, 7) is 2.80. The molecule has 5 nitrogen and oxygen atoms in total. The van der Waals surface area contributed by atoms with Gasteiger partial charge in [-0.1, -0.05) is 24.3 Å². The molecular weight excluding hydrogens is 228 g/mol. The SMILES string of the molecule is Cc1[nH]ncc1C(=O)NCc1cccc(CN)c1. The predicted molar refractivity (Wildman–Crippen MR) is 68.8 cm³/mol. The largest absolute Gasteiger partial charge is 0.348 e. The number of rotatable bonds is 4. The van der Waals surface area contributed by atoms with Crippen LogP contribution in [0.3, 0.4) is 0 Å². The summed E-state index contributed by atoms with van der Waals surface area (Å²) in [5, 5.41) is 9.42. The van der Waals surface area contributed by atoms with Gasteiger partial charge in [0.2, 0.25) is 0 Å². The first kappa shape index (κ1) is 12.3. The quantitative estimate of drug-likeness (QED) is 0.753. The molecule has 4 N–H and O–H groups in total. The Morgan fingerprint density at radius 3 is 2.89 bits per heavy atom. The summed E-state index contributed by atoms with van der Waals surface area (Å²) in [6.07, 6.45) is 1.53. The molecule has 0 bridgehead atoms. The monoisotopic (exact) mass is 244 g/mol. The summed E-state index contributed by atoms with van der Waals surface area (Å²) in [5.74, 6) is -0.126. The molecule has 0 spiro atoms. The molecule has 2 aromatic rings. The van der Waals surface area contributed by atoms with Crippen molar-refractivity contribution < 1.29 is 4.79 Å². The van der Waals surface area contributed by atoms with E-state index in [0.29, 0.717) is 18.7 Å². The van der Waals surface area contributed by atoms with Crippen LogP contribution in [0.15, 0.2) is 30.5 Å². The zero-order valence-electron chi connectivity index (χ0n) is 10.2. The van der Waals surface area contributed by atoms with E-state index in [1.54, 1.807) is 0 Å². The lowest BCUT2D eigenvalue weighted by Crippen LogP contribution is -2.23. The number of H-pyrrole nitrogens is 1. The third-order valence-corrected chi connectivity index (χ3v) is 2.75. The first-order valence-electron chi connectivity index (χ1n) is 5.76. The topological polar surface area (TPSA) is 83.8 Å². The van der Waals surface area contributed by atoms with Crippen molar-refractivity contribution in [3.63, 3.8) is 0 Å². The van der Waals surface area contributed by atoms with Crippen molar-refractivity contribution in [1.82, 2.24) is 15.5 Å². The molecule has 0 radical (unpaired) electrons. The third kappa shape index (κ3) is 2.75. The number of benzene rings is 1. The molecule has 1 heterocycles. The summed E-state index contributed by atoms with van der Waals surface area (Å²) < 4.78 is 0. The van der Waals surface area contributed by atoms with Gasteiger partial charge < -0.3 is 11.1 Å². The fraction of sp³-hybridized carbons (Fsp3) is 0.231. The Balaban J connectivity index is 1.99. The standard InChI is InChI=1S/C13H16N4O/c1-9-12(8-16-17-9)13(18)15-7-11-4-2-3-10(5-11)6-14/h2-5,8H,6-7,14H2,1H3,(H,15,18)(H,16,17). The number of aromatic nitrogens is 2. The van der Waals surface area contributed by atoms with Gasteiger partial charge in [0, 0.05) is 18.8 Å². The first-order valence-corrected chi connectivity index (χ1v) is 5.76. The first-order chi connectivity index (χ1) is 8.70. The molecule has 0 unspecified atom stereocenters. The average molecular weight is 244 g/mol. The van der Waals surface area contributed by atoms with Crippen LogP contribution in [0.5, 0.6) is 0 Å². The van der Waals surface area contributed by atoms with Crippen LogP contribution in [0.25, 0.3) is 0 Å². The molecular formula is C13H16N4O. The zero-order valence-corrected chi connectivity index (χ0v) is 10.2. The number of carbonyl (C=O) groups excluding carboxylic acids is 1. The number of nitrogens with two attached hydrogens (primary N) is 1. The molecule has 0 aliphatic rings. The van der Waals surface area contributed by atoms with Gasteiger partial charge in [-0.15, -0.1) is 0 Å². The lowest BCUT2D eigenvalue weighted by Gasteiger charge is -2.06. The molecule has 2 rings (SSSR count). The van der Waals surface area contributed by atoms with Gasteiger partial charge in [-0.05, 0) is 18.1 Å². The van der Waals surface area contributed by atoms with Gasteiger partial charge in [-0.2, -0.15) is 5.10 Å². The lowest BCUT2D eigenvalue weighted by atomic mass is 10.1. The number of carbonyl (C=O) groups is 1. The van der Waals surface area contributed by atoms with E-state index < -0.39 is 0 Å². The van der Waals surface area contributed by atoms with Gasteiger partial charge in [0.25, 0.3) is 5.91 Å². The number of nitrogens with zero attached hydrogens (tertiary/aromatic N) is 1. The Morgan fingerprint density at radius 2 is 2.22 bits per heavy atom. The predicted octanol–water partition coefficient (Wildman–Crippen LogP) is 1.11.